The first-order valence-electron chi connectivity index (χ1n) is 2.14. The molecule has 1 aliphatic heterocycles. The van der Waals surface area contributed by atoms with Crippen LogP contribution in [-0.4, -0.2) is 10.7 Å². The summed E-state index contributed by atoms with van der Waals surface area (Å²) in [5.74, 6) is -1.67. The largest absolute Gasteiger partial charge is 0.445 e. The third-order valence-electron chi connectivity index (χ3n) is 0.854. The minimum Gasteiger partial charge on any atom is -0.260 e. The lowest BCUT2D eigenvalue weighted by molar-refractivity contribution is -0.561. The van der Waals surface area contributed by atoms with E-state index >= 15 is 0 Å². The molecular formula is C2H3N5O2. The Morgan fingerprint density at radius 2 is 1.89 bits per heavy atom. The first-order valence-corrected chi connectivity index (χ1v) is 2.14. The maximum atomic E-state index is 10.0. The van der Waals surface area contributed by atoms with Crippen LogP contribution in [0.5, 0.6) is 0 Å². The van der Waals surface area contributed by atoms with Gasteiger partial charge in [-0.1, -0.05) is 10.2 Å². The van der Waals surface area contributed by atoms with Crippen molar-refractivity contribution in [3.05, 3.63) is 10.1 Å². The third kappa shape index (κ3) is 0.755. The second-order valence-corrected chi connectivity index (χ2v) is 1.61. The molecule has 7 nitrogen and oxygen atoms in total. The van der Waals surface area contributed by atoms with Crippen molar-refractivity contribution in [2.45, 2.75) is 12.7 Å². The Morgan fingerprint density at radius 1 is 1.44 bits per heavy atom. The van der Waals surface area contributed by atoms with Crippen LogP contribution in [0.4, 0.5) is 0 Å². The van der Waals surface area contributed by atoms with Crippen LogP contribution in [0.3, 0.4) is 0 Å². The normalized spacial score (nSPS) is 20.6. The Morgan fingerprint density at radius 3 is 2.11 bits per heavy atom. The molecule has 0 aromatic rings. The Kier molecular flexibility index (Phi) is 0.980. The van der Waals surface area contributed by atoms with Crippen molar-refractivity contribution < 1.29 is 4.92 Å². The fourth-order valence-corrected chi connectivity index (χ4v) is 0.302. The SMILES string of the molecule is CC1([N+](=O)[O-])N=NN=N1. The molecule has 0 aromatic heterocycles. The summed E-state index contributed by atoms with van der Waals surface area (Å²) in [6.07, 6.45) is 0. The van der Waals surface area contributed by atoms with Crippen LogP contribution in [0.15, 0.2) is 20.7 Å². The molecule has 1 aliphatic rings. The third-order valence-corrected chi connectivity index (χ3v) is 0.854. The molecule has 9 heavy (non-hydrogen) atoms. The Bertz CT molecular complexity index is 183. The summed E-state index contributed by atoms with van der Waals surface area (Å²) in [5.41, 5.74) is 0. The van der Waals surface area contributed by atoms with E-state index in [0.29, 0.717) is 0 Å². The molecule has 1 heterocycles. The fourth-order valence-electron chi connectivity index (χ4n) is 0.302. The number of hydrogen-bond donors (Lipinski definition) is 0. The summed E-state index contributed by atoms with van der Waals surface area (Å²) in [7, 11) is 0. The highest BCUT2D eigenvalue weighted by molar-refractivity contribution is 4.64. The lowest BCUT2D eigenvalue weighted by Crippen LogP contribution is -2.27. The quantitative estimate of drug-likeness (QED) is 0.386. The minimum absolute atomic E-state index is 0.660. The van der Waals surface area contributed by atoms with Gasteiger partial charge in [-0.3, -0.25) is 10.1 Å². The van der Waals surface area contributed by atoms with Gasteiger partial charge in [0.05, 0.1) is 11.8 Å². The molecule has 0 unspecified atom stereocenters. The lowest BCUT2D eigenvalue weighted by atomic mass is 10.5. The van der Waals surface area contributed by atoms with E-state index in [0.717, 1.165) is 0 Å². The van der Waals surface area contributed by atoms with Gasteiger partial charge in [0.2, 0.25) is 0 Å². The molecule has 0 amide bonds. The zero-order valence-corrected chi connectivity index (χ0v) is 4.55. The molecule has 0 fully saturated rings. The van der Waals surface area contributed by atoms with Crippen molar-refractivity contribution in [2.24, 2.45) is 20.7 Å². The maximum absolute atomic E-state index is 10.0. The topological polar surface area (TPSA) is 92.6 Å². The Balaban J connectivity index is 2.88. The maximum Gasteiger partial charge on any atom is 0.445 e. The Hall–Kier alpha value is -1.40. The molecule has 0 bridgehead atoms. The van der Waals surface area contributed by atoms with Crippen LogP contribution in [0.25, 0.3) is 0 Å². The van der Waals surface area contributed by atoms with E-state index in [2.05, 4.69) is 20.7 Å². The van der Waals surface area contributed by atoms with Gasteiger partial charge in [0.15, 0.2) is 0 Å². The van der Waals surface area contributed by atoms with Crippen molar-refractivity contribution >= 4 is 0 Å². The molecule has 48 valence electrons. The molecule has 7 heteroatoms. The molecule has 0 atom stereocenters. The molecule has 0 saturated heterocycles. The van der Waals surface area contributed by atoms with Crippen LogP contribution in [-0.2, 0) is 0 Å². The minimum atomic E-state index is -1.67. The van der Waals surface area contributed by atoms with Gasteiger partial charge in [-0.25, -0.2) is 0 Å². The van der Waals surface area contributed by atoms with Gasteiger partial charge in [0.1, 0.15) is 0 Å². The van der Waals surface area contributed by atoms with E-state index in [4.69, 9.17) is 0 Å². The summed E-state index contributed by atoms with van der Waals surface area (Å²) in [4.78, 5) is 9.36. The highest BCUT2D eigenvalue weighted by atomic mass is 16.6. The molecule has 0 spiro atoms. The van der Waals surface area contributed by atoms with E-state index < -0.39 is 10.7 Å². The van der Waals surface area contributed by atoms with Gasteiger partial charge >= 0.3 is 5.79 Å². The number of nitrogens with zero attached hydrogens (tertiary/aromatic N) is 5. The van der Waals surface area contributed by atoms with Gasteiger partial charge in [0, 0.05) is 0 Å². The first-order chi connectivity index (χ1) is 4.15. The summed E-state index contributed by atoms with van der Waals surface area (Å²) < 4.78 is 0. The molecule has 0 aromatic carbocycles. The molecule has 1 rings (SSSR count). The summed E-state index contributed by atoms with van der Waals surface area (Å²) in [5, 5.41) is 22.3. The van der Waals surface area contributed by atoms with E-state index in [1.807, 2.05) is 0 Å². The molecule has 0 aliphatic carbocycles. The predicted octanol–water partition coefficient (Wildman–Crippen LogP) is 0.770. The summed E-state index contributed by atoms with van der Waals surface area (Å²) in [6, 6.07) is 0. The van der Waals surface area contributed by atoms with Crippen LogP contribution in [0, 0.1) is 10.1 Å². The zero-order chi connectivity index (χ0) is 6.91. The van der Waals surface area contributed by atoms with E-state index in [1.54, 1.807) is 0 Å². The van der Waals surface area contributed by atoms with Gasteiger partial charge < -0.3 is 0 Å². The first kappa shape index (κ1) is 5.73. The summed E-state index contributed by atoms with van der Waals surface area (Å²) >= 11 is 0. The van der Waals surface area contributed by atoms with Gasteiger partial charge in [-0.2, -0.15) is 0 Å². The summed E-state index contributed by atoms with van der Waals surface area (Å²) in [6.45, 7) is 1.22. The standard InChI is InChI=1S/C2H3N5O2/c1-2(7(8)9)3-5-6-4-2/h1H3. The van der Waals surface area contributed by atoms with Crippen molar-refractivity contribution in [2.75, 3.05) is 0 Å². The molecule has 0 N–H and O–H groups in total. The molecular weight excluding hydrogens is 126 g/mol. The highest BCUT2D eigenvalue weighted by Crippen LogP contribution is 2.18. The number of nitro groups is 1. The average Bonchev–Trinajstić information content (AvgIpc) is 2.16. The van der Waals surface area contributed by atoms with Gasteiger partial charge in [-0.15, -0.1) is 0 Å². The lowest BCUT2D eigenvalue weighted by Gasteiger charge is -2.00. The van der Waals surface area contributed by atoms with Crippen molar-refractivity contribution in [1.82, 2.24) is 0 Å². The van der Waals surface area contributed by atoms with E-state index in [-0.39, 0.29) is 0 Å². The second kappa shape index (κ2) is 1.54. The van der Waals surface area contributed by atoms with Crippen LogP contribution < -0.4 is 0 Å². The van der Waals surface area contributed by atoms with Crippen LogP contribution >= 0.6 is 0 Å². The number of rotatable bonds is 1. The van der Waals surface area contributed by atoms with Crippen molar-refractivity contribution in [3.8, 4) is 0 Å². The molecule has 0 radical (unpaired) electrons. The smallest absolute Gasteiger partial charge is 0.260 e. The zero-order valence-electron chi connectivity index (χ0n) is 4.55. The average molecular weight is 129 g/mol. The van der Waals surface area contributed by atoms with Crippen molar-refractivity contribution in [1.29, 1.82) is 0 Å². The van der Waals surface area contributed by atoms with Crippen molar-refractivity contribution in [3.63, 3.8) is 0 Å². The number of hydrogen-bond acceptors (Lipinski definition) is 6. The highest BCUT2D eigenvalue weighted by Gasteiger charge is 2.40. The molecule has 0 saturated carbocycles. The predicted molar refractivity (Wildman–Crippen MR) is 25.1 cm³/mol. The monoisotopic (exact) mass is 129 g/mol. The Labute approximate surface area is 49.6 Å². The van der Waals surface area contributed by atoms with Gasteiger partial charge in [-0.05, 0) is 10.4 Å². The van der Waals surface area contributed by atoms with E-state index in [9.17, 15) is 10.1 Å². The second-order valence-electron chi connectivity index (χ2n) is 1.61. The van der Waals surface area contributed by atoms with Gasteiger partial charge in [0.25, 0.3) is 0 Å². The van der Waals surface area contributed by atoms with Crippen LogP contribution in [0.1, 0.15) is 6.92 Å². The van der Waals surface area contributed by atoms with E-state index in [1.165, 1.54) is 6.92 Å². The fraction of sp³-hybridized carbons (Fsp3) is 1.00. The van der Waals surface area contributed by atoms with Crippen LogP contribution in [0.2, 0.25) is 0 Å².